The molecule has 2 aromatic rings. The van der Waals surface area contributed by atoms with Gasteiger partial charge in [-0.05, 0) is 23.1 Å². The summed E-state index contributed by atoms with van der Waals surface area (Å²) in [4.78, 5) is 8.12. The van der Waals surface area contributed by atoms with Crippen LogP contribution in [0, 0.1) is 0 Å². The van der Waals surface area contributed by atoms with E-state index in [0.29, 0.717) is 17.3 Å². The number of hydrogen-bond acceptors (Lipinski definition) is 4. The Bertz CT molecular complexity index is 547. The van der Waals surface area contributed by atoms with E-state index in [0.717, 1.165) is 5.56 Å². The number of nitrogens with zero attached hydrogens (tertiary/aromatic N) is 2. The number of nitrogen functional groups attached to an aromatic ring is 1. The van der Waals surface area contributed by atoms with Gasteiger partial charge in [-0.1, -0.05) is 20.8 Å². The third kappa shape index (κ3) is 2.97. The molecule has 0 aliphatic rings. The second-order valence-electron chi connectivity index (χ2n) is 5.18. The van der Waals surface area contributed by atoms with Gasteiger partial charge in [0, 0.05) is 18.5 Å². The van der Waals surface area contributed by atoms with Crippen LogP contribution in [0.5, 0.6) is 11.5 Å². The molecule has 2 heterocycles. The lowest BCUT2D eigenvalue weighted by molar-refractivity contribution is 0.475. The summed E-state index contributed by atoms with van der Waals surface area (Å²) in [5.74, 6) is 1.80. The number of ether oxygens (including phenoxy) is 1. The van der Waals surface area contributed by atoms with Gasteiger partial charge >= 0.3 is 0 Å². The molecule has 0 saturated carbocycles. The van der Waals surface area contributed by atoms with Crippen molar-refractivity contribution in [3.05, 3.63) is 42.4 Å². The molecule has 2 rings (SSSR count). The summed E-state index contributed by atoms with van der Waals surface area (Å²) < 4.78 is 5.71. The van der Waals surface area contributed by atoms with Crippen LogP contribution in [-0.4, -0.2) is 9.97 Å². The SMILES string of the molecule is CC(C)(C)c1cncc(Oc2ccnc(N)c2)c1. The van der Waals surface area contributed by atoms with Gasteiger partial charge in [0.25, 0.3) is 0 Å². The van der Waals surface area contributed by atoms with Gasteiger partial charge < -0.3 is 10.5 Å². The molecule has 4 nitrogen and oxygen atoms in total. The minimum atomic E-state index is 0.0453. The lowest BCUT2D eigenvalue weighted by Gasteiger charge is -2.19. The summed E-state index contributed by atoms with van der Waals surface area (Å²) in [6.45, 7) is 6.41. The maximum atomic E-state index is 5.71. The maximum Gasteiger partial charge on any atom is 0.146 e. The minimum Gasteiger partial charge on any atom is -0.456 e. The van der Waals surface area contributed by atoms with Gasteiger partial charge in [-0.25, -0.2) is 4.98 Å². The standard InChI is InChI=1S/C14H17N3O/c1-14(2,3)10-6-12(9-16-8-10)18-11-4-5-17-13(15)7-11/h4-9H,1-3H3,(H2,15,17). The largest absolute Gasteiger partial charge is 0.456 e. The Balaban J connectivity index is 2.25. The van der Waals surface area contributed by atoms with Gasteiger partial charge in [-0.2, -0.15) is 0 Å². The highest BCUT2D eigenvalue weighted by atomic mass is 16.5. The number of rotatable bonds is 2. The van der Waals surface area contributed by atoms with Crippen LogP contribution in [-0.2, 0) is 5.41 Å². The van der Waals surface area contributed by atoms with E-state index in [1.807, 2.05) is 12.3 Å². The first-order valence-corrected chi connectivity index (χ1v) is 5.80. The summed E-state index contributed by atoms with van der Waals surface area (Å²) in [7, 11) is 0. The zero-order valence-electron chi connectivity index (χ0n) is 10.8. The molecule has 0 radical (unpaired) electrons. The molecule has 94 valence electrons. The lowest BCUT2D eigenvalue weighted by atomic mass is 9.88. The molecular formula is C14H17N3O. The highest BCUT2D eigenvalue weighted by Crippen LogP contribution is 2.27. The van der Waals surface area contributed by atoms with Crippen LogP contribution in [0.15, 0.2) is 36.8 Å². The van der Waals surface area contributed by atoms with Crippen molar-refractivity contribution in [3.63, 3.8) is 0 Å². The number of anilines is 1. The van der Waals surface area contributed by atoms with Gasteiger partial charge in [0.1, 0.15) is 17.3 Å². The van der Waals surface area contributed by atoms with Crippen LogP contribution in [0.25, 0.3) is 0 Å². The predicted molar refractivity (Wildman–Crippen MR) is 71.7 cm³/mol. The van der Waals surface area contributed by atoms with Gasteiger partial charge in [-0.3, -0.25) is 4.98 Å². The van der Waals surface area contributed by atoms with E-state index in [4.69, 9.17) is 10.5 Å². The first-order chi connectivity index (χ1) is 8.45. The Morgan fingerprint density at radius 1 is 1.11 bits per heavy atom. The van der Waals surface area contributed by atoms with Crippen molar-refractivity contribution in [2.24, 2.45) is 0 Å². The average molecular weight is 243 g/mol. The first-order valence-electron chi connectivity index (χ1n) is 5.80. The summed E-state index contributed by atoms with van der Waals surface area (Å²) >= 11 is 0. The second kappa shape index (κ2) is 4.64. The van der Waals surface area contributed by atoms with Crippen LogP contribution in [0.3, 0.4) is 0 Å². The molecule has 0 atom stereocenters. The van der Waals surface area contributed by atoms with Crippen molar-refractivity contribution in [1.29, 1.82) is 0 Å². The molecule has 0 saturated heterocycles. The predicted octanol–water partition coefficient (Wildman–Crippen LogP) is 3.15. The number of aromatic nitrogens is 2. The summed E-state index contributed by atoms with van der Waals surface area (Å²) in [6.07, 6.45) is 5.16. The normalized spacial score (nSPS) is 11.3. The smallest absolute Gasteiger partial charge is 0.146 e. The van der Waals surface area contributed by atoms with Crippen LogP contribution < -0.4 is 10.5 Å². The highest BCUT2D eigenvalue weighted by Gasteiger charge is 2.14. The average Bonchev–Trinajstić information content (AvgIpc) is 2.28. The van der Waals surface area contributed by atoms with Gasteiger partial charge in [0.05, 0.1) is 6.20 Å². The van der Waals surface area contributed by atoms with Crippen LogP contribution in [0.4, 0.5) is 5.82 Å². The topological polar surface area (TPSA) is 61.0 Å². The Kier molecular flexibility index (Phi) is 3.19. The van der Waals surface area contributed by atoms with Crippen molar-refractivity contribution in [2.45, 2.75) is 26.2 Å². The van der Waals surface area contributed by atoms with Crippen molar-refractivity contribution in [3.8, 4) is 11.5 Å². The zero-order chi connectivity index (χ0) is 13.2. The molecule has 0 amide bonds. The summed E-state index contributed by atoms with van der Waals surface area (Å²) in [5, 5.41) is 0. The molecule has 0 fully saturated rings. The Hall–Kier alpha value is -2.10. The van der Waals surface area contributed by atoms with E-state index in [1.54, 1.807) is 24.5 Å². The van der Waals surface area contributed by atoms with Crippen LogP contribution >= 0.6 is 0 Å². The molecule has 18 heavy (non-hydrogen) atoms. The zero-order valence-corrected chi connectivity index (χ0v) is 10.8. The molecule has 0 bridgehead atoms. The molecule has 2 aromatic heterocycles. The van der Waals surface area contributed by atoms with E-state index in [1.165, 1.54) is 0 Å². The van der Waals surface area contributed by atoms with E-state index in [9.17, 15) is 0 Å². The van der Waals surface area contributed by atoms with E-state index in [2.05, 4.69) is 30.7 Å². The Morgan fingerprint density at radius 2 is 1.89 bits per heavy atom. The van der Waals surface area contributed by atoms with Crippen LogP contribution in [0.1, 0.15) is 26.3 Å². The van der Waals surface area contributed by atoms with Gasteiger partial charge in [-0.15, -0.1) is 0 Å². The molecule has 4 heteroatoms. The van der Waals surface area contributed by atoms with E-state index >= 15 is 0 Å². The number of nitrogens with two attached hydrogens (primary N) is 1. The fourth-order valence-electron chi connectivity index (χ4n) is 1.51. The third-order valence-corrected chi connectivity index (χ3v) is 2.57. The van der Waals surface area contributed by atoms with Crippen molar-refractivity contribution < 1.29 is 4.74 Å². The lowest BCUT2D eigenvalue weighted by Crippen LogP contribution is -2.11. The third-order valence-electron chi connectivity index (χ3n) is 2.57. The molecular weight excluding hydrogens is 226 g/mol. The summed E-state index contributed by atoms with van der Waals surface area (Å²) in [6, 6.07) is 5.44. The van der Waals surface area contributed by atoms with Crippen molar-refractivity contribution in [2.75, 3.05) is 5.73 Å². The summed E-state index contributed by atoms with van der Waals surface area (Å²) in [5.41, 5.74) is 6.78. The first kappa shape index (κ1) is 12.4. The quantitative estimate of drug-likeness (QED) is 0.880. The molecule has 0 aromatic carbocycles. The fourth-order valence-corrected chi connectivity index (χ4v) is 1.51. The highest BCUT2D eigenvalue weighted by molar-refractivity contribution is 5.39. The maximum absolute atomic E-state index is 5.71. The molecule has 0 aliphatic heterocycles. The number of pyridine rings is 2. The van der Waals surface area contributed by atoms with E-state index in [-0.39, 0.29) is 5.41 Å². The van der Waals surface area contributed by atoms with Crippen LogP contribution in [0.2, 0.25) is 0 Å². The van der Waals surface area contributed by atoms with E-state index < -0.39 is 0 Å². The Labute approximate surface area is 107 Å². The molecule has 0 spiro atoms. The Morgan fingerprint density at radius 3 is 2.56 bits per heavy atom. The van der Waals surface area contributed by atoms with Crippen molar-refractivity contribution >= 4 is 5.82 Å². The second-order valence-corrected chi connectivity index (χ2v) is 5.18. The fraction of sp³-hybridized carbons (Fsp3) is 0.286. The molecule has 0 aliphatic carbocycles. The molecule has 0 unspecified atom stereocenters. The minimum absolute atomic E-state index is 0.0453. The van der Waals surface area contributed by atoms with Crippen molar-refractivity contribution in [1.82, 2.24) is 9.97 Å². The van der Waals surface area contributed by atoms with Gasteiger partial charge in [0.15, 0.2) is 0 Å². The molecule has 2 N–H and O–H groups in total. The monoisotopic (exact) mass is 243 g/mol. The number of hydrogen-bond donors (Lipinski definition) is 1. The van der Waals surface area contributed by atoms with Gasteiger partial charge in [0.2, 0.25) is 0 Å².